The topological polar surface area (TPSA) is 36.4 Å². The van der Waals surface area contributed by atoms with Crippen LogP contribution in [-0.2, 0) is 6.61 Å². The summed E-state index contributed by atoms with van der Waals surface area (Å²) < 4.78 is 0. The molecule has 0 atom stereocenters. The number of aryl methyl sites for hydroxylation is 1. The first-order valence-electron chi connectivity index (χ1n) is 5.96. The summed E-state index contributed by atoms with van der Waals surface area (Å²) >= 11 is 0. The molecule has 2 aromatic rings. The molecule has 0 aliphatic heterocycles. The van der Waals surface area contributed by atoms with Gasteiger partial charge in [-0.2, -0.15) is 0 Å². The van der Waals surface area contributed by atoms with Crippen LogP contribution in [0.1, 0.15) is 11.3 Å². The summed E-state index contributed by atoms with van der Waals surface area (Å²) in [6, 6.07) is 10.1. The highest BCUT2D eigenvalue weighted by atomic mass is 16.3. The van der Waals surface area contributed by atoms with Crippen molar-refractivity contribution in [2.24, 2.45) is 0 Å². The predicted octanol–water partition coefficient (Wildman–Crippen LogP) is 2.62. The van der Waals surface area contributed by atoms with E-state index in [1.807, 2.05) is 45.4 Å². The fourth-order valence-corrected chi connectivity index (χ4v) is 2.00. The molecular formula is C15H18N2O. The van der Waals surface area contributed by atoms with Gasteiger partial charge in [-0.05, 0) is 36.2 Å². The summed E-state index contributed by atoms with van der Waals surface area (Å²) in [6.07, 6.45) is 1.82. The SMILES string of the molecule is Cc1cc(-c2ccc(CO)cc2N(C)C)ccn1. The lowest BCUT2D eigenvalue weighted by Crippen LogP contribution is -2.10. The van der Waals surface area contributed by atoms with Gasteiger partial charge in [-0.1, -0.05) is 12.1 Å². The van der Waals surface area contributed by atoms with Crippen molar-refractivity contribution < 1.29 is 5.11 Å². The lowest BCUT2D eigenvalue weighted by molar-refractivity contribution is 0.282. The summed E-state index contributed by atoms with van der Waals surface area (Å²) in [7, 11) is 4.02. The van der Waals surface area contributed by atoms with Gasteiger partial charge < -0.3 is 10.0 Å². The number of hydrogen-bond donors (Lipinski definition) is 1. The van der Waals surface area contributed by atoms with Crippen molar-refractivity contribution in [2.75, 3.05) is 19.0 Å². The molecule has 1 aromatic heterocycles. The van der Waals surface area contributed by atoms with Gasteiger partial charge in [-0.15, -0.1) is 0 Å². The summed E-state index contributed by atoms with van der Waals surface area (Å²) in [5, 5.41) is 9.22. The van der Waals surface area contributed by atoms with Gasteiger partial charge in [0.05, 0.1) is 6.61 Å². The van der Waals surface area contributed by atoms with Gasteiger partial charge in [0, 0.05) is 37.2 Å². The van der Waals surface area contributed by atoms with Gasteiger partial charge in [0.1, 0.15) is 0 Å². The Labute approximate surface area is 108 Å². The Balaban J connectivity index is 2.56. The van der Waals surface area contributed by atoms with Crippen molar-refractivity contribution in [2.45, 2.75) is 13.5 Å². The maximum atomic E-state index is 9.22. The fraction of sp³-hybridized carbons (Fsp3) is 0.267. The van der Waals surface area contributed by atoms with Crippen molar-refractivity contribution in [3.63, 3.8) is 0 Å². The Bertz CT molecular complexity index is 550. The van der Waals surface area contributed by atoms with E-state index in [1.165, 1.54) is 0 Å². The molecule has 94 valence electrons. The number of benzene rings is 1. The van der Waals surface area contributed by atoms with Crippen molar-refractivity contribution >= 4 is 5.69 Å². The number of aliphatic hydroxyl groups is 1. The van der Waals surface area contributed by atoms with Crippen LogP contribution in [0.4, 0.5) is 5.69 Å². The average molecular weight is 242 g/mol. The largest absolute Gasteiger partial charge is 0.392 e. The molecule has 18 heavy (non-hydrogen) atoms. The van der Waals surface area contributed by atoms with Crippen molar-refractivity contribution in [3.8, 4) is 11.1 Å². The van der Waals surface area contributed by atoms with Gasteiger partial charge in [0.25, 0.3) is 0 Å². The molecule has 0 spiro atoms. The smallest absolute Gasteiger partial charge is 0.0682 e. The second-order valence-electron chi connectivity index (χ2n) is 4.59. The quantitative estimate of drug-likeness (QED) is 0.898. The van der Waals surface area contributed by atoms with Crippen LogP contribution in [0.3, 0.4) is 0 Å². The molecule has 0 bridgehead atoms. The van der Waals surface area contributed by atoms with Crippen molar-refractivity contribution in [1.82, 2.24) is 4.98 Å². The zero-order valence-electron chi connectivity index (χ0n) is 11.0. The van der Waals surface area contributed by atoms with E-state index in [4.69, 9.17) is 0 Å². The van der Waals surface area contributed by atoms with Crippen LogP contribution in [0.5, 0.6) is 0 Å². The van der Waals surface area contributed by atoms with Crippen LogP contribution < -0.4 is 4.90 Å². The Morgan fingerprint density at radius 2 is 1.94 bits per heavy atom. The van der Waals surface area contributed by atoms with Gasteiger partial charge in [0.15, 0.2) is 0 Å². The third-order valence-corrected chi connectivity index (χ3v) is 2.93. The standard InChI is InChI=1S/C15H18N2O/c1-11-8-13(6-7-16-11)14-5-4-12(10-18)9-15(14)17(2)3/h4-9,18H,10H2,1-3H3. The zero-order chi connectivity index (χ0) is 13.1. The van der Waals surface area contributed by atoms with Gasteiger partial charge in [-0.25, -0.2) is 0 Å². The molecule has 0 saturated heterocycles. The lowest BCUT2D eigenvalue weighted by Gasteiger charge is -2.19. The van der Waals surface area contributed by atoms with Crippen molar-refractivity contribution in [1.29, 1.82) is 0 Å². The molecule has 0 amide bonds. The van der Waals surface area contributed by atoms with Gasteiger partial charge in [0.2, 0.25) is 0 Å². The van der Waals surface area contributed by atoms with Crippen LogP contribution in [0.15, 0.2) is 36.5 Å². The highest BCUT2D eigenvalue weighted by Crippen LogP contribution is 2.30. The summed E-state index contributed by atoms with van der Waals surface area (Å²) in [6.45, 7) is 2.05. The van der Waals surface area contributed by atoms with Crippen LogP contribution >= 0.6 is 0 Å². The van der Waals surface area contributed by atoms with Gasteiger partial charge >= 0.3 is 0 Å². The fourth-order valence-electron chi connectivity index (χ4n) is 2.00. The molecular weight excluding hydrogens is 224 g/mol. The average Bonchev–Trinajstić information content (AvgIpc) is 2.38. The minimum Gasteiger partial charge on any atom is -0.392 e. The first-order chi connectivity index (χ1) is 8.61. The first-order valence-corrected chi connectivity index (χ1v) is 5.96. The number of aromatic nitrogens is 1. The molecule has 1 N–H and O–H groups in total. The van der Waals surface area contributed by atoms with E-state index in [0.29, 0.717) is 0 Å². The number of pyridine rings is 1. The first kappa shape index (κ1) is 12.6. The molecule has 0 aliphatic rings. The maximum absolute atomic E-state index is 9.22. The third-order valence-electron chi connectivity index (χ3n) is 2.93. The third kappa shape index (κ3) is 2.51. The molecule has 3 heteroatoms. The molecule has 0 fully saturated rings. The minimum absolute atomic E-state index is 0.0660. The summed E-state index contributed by atoms with van der Waals surface area (Å²) in [5.41, 5.74) is 5.34. The van der Waals surface area contributed by atoms with E-state index in [2.05, 4.69) is 22.0 Å². The molecule has 0 radical (unpaired) electrons. The van der Waals surface area contributed by atoms with Crippen molar-refractivity contribution in [3.05, 3.63) is 47.8 Å². The molecule has 0 unspecified atom stereocenters. The zero-order valence-corrected chi connectivity index (χ0v) is 11.0. The maximum Gasteiger partial charge on any atom is 0.0682 e. The summed E-state index contributed by atoms with van der Waals surface area (Å²) in [5.74, 6) is 0. The molecule has 0 saturated carbocycles. The lowest BCUT2D eigenvalue weighted by atomic mass is 10.0. The minimum atomic E-state index is 0.0660. The monoisotopic (exact) mass is 242 g/mol. The Morgan fingerprint density at radius 3 is 2.56 bits per heavy atom. The number of anilines is 1. The van der Waals surface area contributed by atoms with E-state index in [0.717, 1.165) is 28.1 Å². The normalized spacial score (nSPS) is 10.4. The molecule has 2 rings (SSSR count). The molecule has 0 aliphatic carbocycles. The number of nitrogens with zero attached hydrogens (tertiary/aromatic N) is 2. The molecule has 1 heterocycles. The highest BCUT2D eigenvalue weighted by molar-refractivity contribution is 5.79. The Kier molecular flexibility index (Phi) is 3.63. The van der Waals surface area contributed by atoms with E-state index in [9.17, 15) is 5.11 Å². The van der Waals surface area contributed by atoms with Crippen LogP contribution in [0, 0.1) is 6.92 Å². The van der Waals surface area contributed by atoms with E-state index >= 15 is 0 Å². The van der Waals surface area contributed by atoms with Gasteiger partial charge in [-0.3, -0.25) is 4.98 Å². The Morgan fingerprint density at radius 1 is 1.17 bits per heavy atom. The second-order valence-corrected chi connectivity index (χ2v) is 4.59. The van der Waals surface area contributed by atoms with Crippen LogP contribution in [0.2, 0.25) is 0 Å². The highest BCUT2D eigenvalue weighted by Gasteiger charge is 2.08. The molecule has 1 aromatic carbocycles. The van der Waals surface area contributed by atoms with Crippen LogP contribution in [0.25, 0.3) is 11.1 Å². The number of hydrogen-bond acceptors (Lipinski definition) is 3. The second kappa shape index (κ2) is 5.19. The van der Waals surface area contributed by atoms with Crippen LogP contribution in [-0.4, -0.2) is 24.2 Å². The van der Waals surface area contributed by atoms with E-state index in [-0.39, 0.29) is 6.61 Å². The Hall–Kier alpha value is -1.87. The van der Waals surface area contributed by atoms with E-state index < -0.39 is 0 Å². The number of rotatable bonds is 3. The van der Waals surface area contributed by atoms with E-state index in [1.54, 1.807) is 0 Å². The number of aliphatic hydroxyl groups excluding tert-OH is 1. The molecule has 3 nitrogen and oxygen atoms in total. The summed E-state index contributed by atoms with van der Waals surface area (Å²) in [4.78, 5) is 6.28. The predicted molar refractivity (Wildman–Crippen MR) is 74.7 cm³/mol.